The summed E-state index contributed by atoms with van der Waals surface area (Å²) in [5.74, 6) is -0.312. The minimum atomic E-state index is -0.848. The molecule has 17 heavy (non-hydrogen) atoms. The normalized spacial score (nSPS) is 9.18. The van der Waals surface area contributed by atoms with Crippen LogP contribution in [0.5, 0.6) is 5.75 Å². The molecule has 0 atom stereocenters. The van der Waals surface area contributed by atoms with Crippen molar-refractivity contribution in [3.05, 3.63) is 23.8 Å². The number of aliphatic carboxylic acids is 1. The van der Waals surface area contributed by atoms with Crippen molar-refractivity contribution in [1.29, 1.82) is 0 Å². The molecule has 1 aromatic rings. The van der Waals surface area contributed by atoms with Crippen molar-refractivity contribution in [2.45, 2.75) is 12.8 Å². The van der Waals surface area contributed by atoms with Crippen molar-refractivity contribution in [3.63, 3.8) is 0 Å². The minimum absolute atomic E-state index is 0. The molecule has 0 saturated carbocycles. The standard InChI is InChI=1S/C11H13NO4.Li.H/c12-10-6-9(4-3-8(10)7-13)16-5-1-2-11(14)15;;/h3-4,6-7H,1-2,5,12H2,(H,14,15);;. The van der Waals surface area contributed by atoms with Gasteiger partial charge in [0, 0.05) is 23.7 Å². The first-order valence-corrected chi connectivity index (χ1v) is 4.83. The number of carboxylic acid groups (broad SMARTS) is 1. The Hall–Kier alpha value is -1.44. The molecular weight excluding hydrogens is 217 g/mol. The summed E-state index contributed by atoms with van der Waals surface area (Å²) in [6.45, 7) is 0.312. The number of aldehydes is 1. The number of ether oxygens (including phenoxy) is 1. The van der Waals surface area contributed by atoms with Gasteiger partial charge in [0.05, 0.1) is 6.61 Å². The maximum atomic E-state index is 10.5. The van der Waals surface area contributed by atoms with Gasteiger partial charge >= 0.3 is 24.8 Å². The number of benzene rings is 1. The molecule has 0 aromatic heterocycles. The number of hydrogen-bond donors (Lipinski definition) is 2. The number of anilines is 1. The van der Waals surface area contributed by atoms with Crippen molar-refractivity contribution in [2.75, 3.05) is 12.3 Å². The summed E-state index contributed by atoms with van der Waals surface area (Å²) in [5.41, 5.74) is 6.35. The summed E-state index contributed by atoms with van der Waals surface area (Å²) in [4.78, 5) is 20.7. The molecule has 1 aromatic carbocycles. The Bertz CT molecular complexity index is 395. The molecule has 0 unspecified atom stereocenters. The zero-order chi connectivity index (χ0) is 12.0. The van der Waals surface area contributed by atoms with E-state index in [9.17, 15) is 9.59 Å². The Labute approximate surface area is 111 Å². The van der Waals surface area contributed by atoms with Crippen LogP contribution in [0.2, 0.25) is 0 Å². The Kier molecular flexibility index (Phi) is 7.11. The fraction of sp³-hybridized carbons (Fsp3) is 0.273. The van der Waals surface area contributed by atoms with Crippen molar-refractivity contribution >= 4 is 36.8 Å². The van der Waals surface area contributed by atoms with Gasteiger partial charge in [-0.25, -0.2) is 0 Å². The van der Waals surface area contributed by atoms with E-state index in [1.54, 1.807) is 18.2 Å². The number of rotatable bonds is 6. The van der Waals surface area contributed by atoms with Crippen LogP contribution in [0.4, 0.5) is 5.69 Å². The van der Waals surface area contributed by atoms with Crippen LogP contribution in [0.25, 0.3) is 0 Å². The van der Waals surface area contributed by atoms with Gasteiger partial charge in [-0.2, -0.15) is 0 Å². The van der Waals surface area contributed by atoms with Gasteiger partial charge < -0.3 is 15.6 Å². The predicted molar refractivity (Wildman–Crippen MR) is 65.8 cm³/mol. The number of hydrogen-bond acceptors (Lipinski definition) is 4. The number of carbonyl (C=O) groups excluding carboxylic acids is 1. The van der Waals surface area contributed by atoms with E-state index in [0.717, 1.165) is 0 Å². The van der Waals surface area contributed by atoms with Crippen LogP contribution >= 0.6 is 0 Å². The Morgan fingerprint density at radius 2 is 2.18 bits per heavy atom. The fourth-order valence-electron chi connectivity index (χ4n) is 1.16. The van der Waals surface area contributed by atoms with Gasteiger partial charge in [-0.15, -0.1) is 0 Å². The molecule has 0 fully saturated rings. The summed E-state index contributed by atoms with van der Waals surface area (Å²) in [7, 11) is 0. The van der Waals surface area contributed by atoms with Crippen LogP contribution in [-0.4, -0.2) is 42.8 Å². The van der Waals surface area contributed by atoms with Gasteiger partial charge in [-0.1, -0.05) is 0 Å². The van der Waals surface area contributed by atoms with Gasteiger partial charge in [0.15, 0.2) is 6.29 Å². The monoisotopic (exact) mass is 231 g/mol. The second-order valence-electron chi connectivity index (χ2n) is 3.25. The van der Waals surface area contributed by atoms with Gasteiger partial charge in [-0.05, 0) is 18.6 Å². The second kappa shape index (κ2) is 7.77. The molecule has 88 valence electrons. The summed E-state index contributed by atoms with van der Waals surface area (Å²) in [6.07, 6.45) is 1.18. The SMILES string of the molecule is Nc1cc(OCCCC(=O)O)ccc1C=O.[LiH]. The molecule has 3 N–H and O–H groups in total. The molecule has 5 nitrogen and oxygen atoms in total. The van der Waals surface area contributed by atoms with Gasteiger partial charge in [0.1, 0.15) is 5.75 Å². The number of carboxylic acids is 1. The van der Waals surface area contributed by atoms with Crippen LogP contribution in [0.3, 0.4) is 0 Å². The average Bonchev–Trinajstić information content (AvgIpc) is 2.24. The van der Waals surface area contributed by atoms with Crippen molar-refractivity contribution in [2.24, 2.45) is 0 Å². The average molecular weight is 231 g/mol. The molecule has 0 radical (unpaired) electrons. The molecule has 6 heteroatoms. The summed E-state index contributed by atoms with van der Waals surface area (Å²) in [6, 6.07) is 4.74. The van der Waals surface area contributed by atoms with Crippen LogP contribution < -0.4 is 10.5 Å². The van der Waals surface area contributed by atoms with E-state index in [1.165, 1.54) is 0 Å². The van der Waals surface area contributed by atoms with Crippen molar-refractivity contribution in [1.82, 2.24) is 0 Å². The first kappa shape index (κ1) is 15.6. The quantitative estimate of drug-likeness (QED) is 0.325. The first-order chi connectivity index (χ1) is 7.63. The zero-order valence-corrected chi connectivity index (χ0v) is 8.68. The Morgan fingerprint density at radius 3 is 2.71 bits per heavy atom. The topological polar surface area (TPSA) is 89.6 Å². The van der Waals surface area contributed by atoms with E-state index < -0.39 is 5.97 Å². The third-order valence-corrected chi connectivity index (χ3v) is 1.99. The molecular formula is C11H14LiNO4. The summed E-state index contributed by atoms with van der Waals surface area (Å²) in [5, 5.41) is 8.41. The number of nitrogens with two attached hydrogens (primary N) is 1. The third-order valence-electron chi connectivity index (χ3n) is 1.99. The molecule has 1 rings (SSSR count). The number of carbonyl (C=O) groups is 2. The fourth-order valence-corrected chi connectivity index (χ4v) is 1.16. The van der Waals surface area contributed by atoms with E-state index in [-0.39, 0.29) is 25.3 Å². The van der Waals surface area contributed by atoms with Gasteiger partial charge in [0.2, 0.25) is 0 Å². The molecule has 0 spiro atoms. The van der Waals surface area contributed by atoms with Crippen LogP contribution in [0.1, 0.15) is 23.2 Å². The van der Waals surface area contributed by atoms with Crippen LogP contribution in [0, 0.1) is 0 Å². The van der Waals surface area contributed by atoms with Crippen LogP contribution in [0.15, 0.2) is 18.2 Å². The summed E-state index contributed by atoms with van der Waals surface area (Å²) >= 11 is 0. The molecule has 0 bridgehead atoms. The Morgan fingerprint density at radius 1 is 1.47 bits per heavy atom. The van der Waals surface area contributed by atoms with E-state index in [2.05, 4.69) is 0 Å². The third kappa shape index (κ3) is 5.43. The molecule has 0 aliphatic rings. The maximum absolute atomic E-state index is 10.5. The molecule has 0 amide bonds. The predicted octanol–water partition coefficient (Wildman–Crippen LogP) is 0.676. The van der Waals surface area contributed by atoms with E-state index in [1.807, 2.05) is 0 Å². The second-order valence-corrected chi connectivity index (χ2v) is 3.25. The van der Waals surface area contributed by atoms with Gasteiger partial charge in [-0.3, -0.25) is 9.59 Å². The van der Waals surface area contributed by atoms with E-state index in [4.69, 9.17) is 15.6 Å². The Balaban J connectivity index is 0.00000256. The zero-order valence-electron chi connectivity index (χ0n) is 8.68. The van der Waals surface area contributed by atoms with E-state index >= 15 is 0 Å². The molecule has 0 aliphatic heterocycles. The molecule has 0 aliphatic carbocycles. The molecule has 0 heterocycles. The first-order valence-electron chi connectivity index (χ1n) is 4.83. The summed E-state index contributed by atoms with van der Waals surface area (Å²) < 4.78 is 5.28. The van der Waals surface area contributed by atoms with E-state index in [0.29, 0.717) is 36.3 Å². The van der Waals surface area contributed by atoms with Crippen molar-refractivity contribution in [3.8, 4) is 5.75 Å². The van der Waals surface area contributed by atoms with Crippen molar-refractivity contribution < 1.29 is 19.4 Å². The molecule has 0 saturated heterocycles. The van der Waals surface area contributed by atoms with Gasteiger partial charge in [0.25, 0.3) is 0 Å². The van der Waals surface area contributed by atoms with Crippen LogP contribution in [-0.2, 0) is 4.79 Å². The number of nitrogen functional groups attached to an aromatic ring is 1.